The Balaban J connectivity index is 2.03. The van der Waals surface area contributed by atoms with Gasteiger partial charge in [-0.3, -0.25) is 0 Å². The maximum atomic E-state index is 11.1. The summed E-state index contributed by atoms with van der Waals surface area (Å²) >= 11 is 0. The Morgan fingerprint density at radius 3 is 2.73 bits per heavy atom. The Hall–Kier alpha value is -0.830. The van der Waals surface area contributed by atoms with E-state index >= 15 is 0 Å². The molecule has 0 radical (unpaired) electrons. The van der Waals surface area contributed by atoms with Crippen LogP contribution in [0.5, 0.6) is 0 Å². The van der Waals surface area contributed by atoms with Crippen molar-refractivity contribution in [2.45, 2.75) is 58.3 Å². The molecule has 0 aliphatic carbocycles. The minimum Gasteiger partial charge on any atom is -0.429 e. The largest absolute Gasteiger partial charge is 0.429 e. The number of carbonyl (C=O) groups excluding carboxylic acids is 1. The molecule has 0 aromatic heterocycles. The fraction of sp³-hybridized carbons (Fsp3) is 0.750. The van der Waals surface area contributed by atoms with Crippen LogP contribution < -0.4 is 0 Å². The highest BCUT2D eigenvalue weighted by atomic mass is 16.8. The SMILES string of the molecule is C=C(C)C(=O)OC1OC1CCCCCC. The predicted octanol–water partition coefficient (Wildman–Crippen LogP) is 2.80. The number of rotatable bonds is 7. The van der Waals surface area contributed by atoms with E-state index in [-0.39, 0.29) is 18.4 Å². The van der Waals surface area contributed by atoms with Gasteiger partial charge in [-0.15, -0.1) is 0 Å². The molecule has 0 amide bonds. The van der Waals surface area contributed by atoms with Crippen LogP contribution in [0, 0.1) is 0 Å². The minimum absolute atomic E-state index is 0.130. The fourth-order valence-electron chi connectivity index (χ4n) is 1.41. The van der Waals surface area contributed by atoms with Crippen molar-refractivity contribution in [3.63, 3.8) is 0 Å². The molecular formula is C12H20O3. The molecule has 0 aromatic rings. The summed E-state index contributed by atoms with van der Waals surface area (Å²) in [4.78, 5) is 11.1. The first-order valence-electron chi connectivity index (χ1n) is 5.67. The summed E-state index contributed by atoms with van der Waals surface area (Å²) in [5.41, 5.74) is 0.426. The highest BCUT2D eigenvalue weighted by Crippen LogP contribution is 2.29. The highest BCUT2D eigenvalue weighted by molar-refractivity contribution is 5.87. The lowest BCUT2D eigenvalue weighted by atomic mass is 10.1. The van der Waals surface area contributed by atoms with E-state index in [1.165, 1.54) is 19.3 Å². The second kappa shape index (κ2) is 5.91. The Kier molecular flexibility index (Phi) is 4.82. The van der Waals surface area contributed by atoms with Crippen molar-refractivity contribution in [1.82, 2.24) is 0 Å². The van der Waals surface area contributed by atoms with E-state index in [1.807, 2.05) is 0 Å². The quantitative estimate of drug-likeness (QED) is 0.282. The van der Waals surface area contributed by atoms with Crippen LogP contribution in [0.15, 0.2) is 12.2 Å². The summed E-state index contributed by atoms with van der Waals surface area (Å²) in [6.45, 7) is 7.34. The molecule has 1 fully saturated rings. The van der Waals surface area contributed by atoms with Crippen molar-refractivity contribution in [2.75, 3.05) is 0 Å². The Bertz CT molecular complexity index is 235. The van der Waals surface area contributed by atoms with Gasteiger partial charge in [-0.25, -0.2) is 4.79 Å². The fourth-order valence-corrected chi connectivity index (χ4v) is 1.41. The molecule has 1 heterocycles. The van der Waals surface area contributed by atoms with Gasteiger partial charge in [-0.2, -0.15) is 0 Å². The van der Waals surface area contributed by atoms with E-state index in [9.17, 15) is 4.79 Å². The highest BCUT2D eigenvalue weighted by Gasteiger charge is 2.41. The molecule has 0 aromatic carbocycles. The smallest absolute Gasteiger partial charge is 0.335 e. The number of esters is 1. The van der Waals surface area contributed by atoms with E-state index in [4.69, 9.17) is 9.47 Å². The summed E-state index contributed by atoms with van der Waals surface area (Å²) in [6.07, 6.45) is 5.70. The van der Waals surface area contributed by atoms with Gasteiger partial charge in [0.15, 0.2) is 0 Å². The molecule has 1 aliphatic heterocycles. The molecule has 0 N–H and O–H groups in total. The Labute approximate surface area is 91.4 Å². The van der Waals surface area contributed by atoms with Gasteiger partial charge in [0.05, 0.1) is 0 Å². The number of hydrogen-bond donors (Lipinski definition) is 0. The number of epoxide rings is 1. The third kappa shape index (κ3) is 4.47. The summed E-state index contributed by atoms with van der Waals surface area (Å²) in [5, 5.41) is 0. The predicted molar refractivity (Wildman–Crippen MR) is 58.3 cm³/mol. The van der Waals surface area contributed by atoms with Gasteiger partial charge >= 0.3 is 5.97 Å². The molecule has 3 nitrogen and oxygen atoms in total. The van der Waals surface area contributed by atoms with Crippen molar-refractivity contribution < 1.29 is 14.3 Å². The lowest BCUT2D eigenvalue weighted by molar-refractivity contribution is -0.143. The molecular weight excluding hydrogens is 192 g/mol. The van der Waals surface area contributed by atoms with E-state index in [0.717, 1.165) is 12.8 Å². The first-order valence-corrected chi connectivity index (χ1v) is 5.67. The van der Waals surface area contributed by atoms with Crippen molar-refractivity contribution in [3.05, 3.63) is 12.2 Å². The van der Waals surface area contributed by atoms with E-state index < -0.39 is 0 Å². The monoisotopic (exact) mass is 212 g/mol. The average molecular weight is 212 g/mol. The molecule has 2 atom stereocenters. The zero-order chi connectivity index (χ0) is 11.3. The van der Waals surface area contributed by atoms with Crippen LogP contribution >= 0.6 is 0 Å². The number of ether oxygens (including phenoxy) is 2. The van der Waals surface area contributed by atoms with Gasteiger partial charge in [0, 0.05) is 5.57 Å². The molecule has 0 saturated carbocycles. The number of carbonyl (C=O) groups is 1. The zero-order valence-corrected chi connectivity index (χ0v) is 9.62. The molecule has 1 rings (SSSR count). The first-order chi connectivity index (χ1) is 7.15. The maximum Gasteiger partial charge on any atom is 0.335 e. The van der Waals surface area contributed by atoms with Gasteiger partial charge in [0.2, 0.25) is 6.29 Å². The Morgan fingerprint density at radius 1 is 1.40 bits per heavy atom. The Morgan fingerprint density at radius 2 is 2.13 bits per heavy atom. The van der Waals surface area contributed by atoms with Gasteiger partial charge < -0.3 is 9.47 Å². The van der Waals surface area contributed by atoms with Crippen LogP contribution in [0.25, 0.3) is 0 Å². The summed E-state index contributed by atoms with van der Waals surface area (Å²) in [7, 11) is 0. The van der Waals surface area contributed by atoms with E-state index in [1.54, 1.807) is 6.92 Å². The van der Waals surface area contributed by atoms with Gasteiger partial charge in [-0.1, -0.05) is 39.2 Å². The van der Waals surface area contributed by atoms with Crippen LogP contribution in [0.1, 0.15) is 46.0 Å². The molecule has 15 heavy (non-hydrogen) atoms. The van der Waals surface area contributed by atoms with Crippen molar-refractivity contribution in [3.8, 4) is 0 Å². The topological polar surface area (TPSA) is 38.8 Å². The third-order valence-corrected chi connectivity index (χ3v) is 2.45. The number of hydrogen-bond acceptors (Lipinski definition) is 3. The standard InChI is InChI=1S/C12H20O3/c1-4-5-6-7-8-10-12(14-10)15-11(13)9(2)3/h10,12H,2,4-8H2,1,3H3. The van der Waals surface area contributed by atoms with Crippen LogP contribution in [0.3, 0.4) is 0 Å². The average Bonchev–Trinajstić information content (AvgIpc) is 2.91. The van der Waals surface area contributed by atoms with Crippen molar-refractivity contribution in [1.29, 1.82) is 0 Å². The summed E-state index contributed by atoms with van der Waals surface area (Å²) in [5.74, 6) is -0.351. The molecule has 2 unspecified atom stereocenters. The van der Waals surface area contributed by atoms with Crippen LogP contribution in [0.4, 0.5) is 0 Å². The van der Waals surface area contributed by atoms with Crippen LogP contribution in [-0.2, 0) is 14.3 Å². The molecule has 86 valence electrons. The van der Waals surface area contributed by atoms with Crippen molar-refractivity contribution in [2.24, 2.45) is 0 Å². The molecule has 3 heteroatoms. The molecule has 1 saturated heterocycles. The lowest BCUT2D eigenvalue weighted by Crippen LogP contribution is -2.09. The maximum absolute atomic E-state index is 11.1. The van der Waals surface area contributed by atoms with Gasteiger partial charge in [0.25, 0.3) is 0 Å². The van der Waals surface area contributed by atoms with Gasteiger partial charge in [0.1, 0.15) is 6.10 Å². The molecule has 0 spiro atoms. The summed E-state index contributed by atoms with van der Waals surface area (Å²) < 4.78 is 10.3. The normalized spacial score (nSPS) is 23.6. The number of unbranched alkanes of at least 4 members (excludes halogenated alkanes) is 3. The second-order valence-corrected chi connectivity index (χ2v) is 4.08. The van der Waals surface area contributed by atoms with Gasteiger partial charge in [-0.05, 0) is 13.3 Å². The first kappa shape index (κ1) is 12.2. The van der Waals surface area contributed by atoms with E-state index in [2.05, 4.69) is 13.5 Å². The summed E-state index contributed by atoms with van der Waals surface area (Å²) in [6, 6.07) is 0. The van der Waals surface area contributed by atoms with Crippen LogP contribution in [-0.4, -0.2) is 18.4 Å². The van der Waals surface area contributed by atoms with Crippen LogP contribution in [0.2, 0.25) is 0 Å². The minimum atomic E-state index is -0.351. The van der Waals surface area contributed by atoms with E-state index in [0.29, 0.717) is 5.57 Å². The zero-order valence-electron chi connectivity index (χ0n) is 9.62. The van der Waals surface area contributed by atoms with Crippen molar-refractivity contribution >= 4 is 5.97 Å². The lowest BCUT2D eigenvalue weighted by Gasteiger charge is -1.99. The molecule has 0 bridgehead atoms. The second-order valence-electron chi connectivity index (χ2n) is 4.08. The molecule has 1 aliphatic rings. The third-order valence-electron chi connectivity index (χ3n) is 2.45.